The van der Waals surface area contributed by atoms with Crippen LogP contribution in [0.15, 0.2) is 66.4 Å². The van der Waals surface area contributed by atoms with Crippen molar-refractivity contribution in [3.8, 4) is 5.75 Å². The number of fused-ring (bicyclic) bond motifs is 1. The number of esters is 1. The number of carbonyl (C=O) groups excluding carboxylic acids is 2. The van der Waals surface area contributed by atoms with E-state index in [1.54, 1.807) is 36.4 Å². The van der Waals surface area contributed by atoms with E-state index >= 15 is 0 Å². The van der Waals surface area contributed by atoms with Crippen molar-refractivity contribution in [3.05, 3.63) is 77.6 Å². The molecular formula is C22H21NO4. The number of carbonyl (C=O) groups is 2. The van der Waals surface area contributed by atoms with Gasteiger partial charge in [0.2, 0.25) is 0 Å². The van der Waals surface area contributed by atoms with Gasteiger partial charge in [-0.2, -0.15) is 0 Å². The SMILES string of the molecule is CCCCOC(=O)c1cccc(NC(=O)C2=Cc3ccccc3OC=C2)c1. The number of ether oxygens (including phenoxy) is 2. The zero-order valence-electron chi connectivity index (χ0n) is 15.1. The molecule has 1 aliphatic rings. The van der Waals surface area contributed by atoms with E-state index in [9.17, 15) is 9.59 Å². The van der Waals surface area contributed by atoms with Crippen LogP contribution in [0.2, 0.25) is 0 Å². The summed E-state index contributed by atoms with van der Waals surface area (Å²) in [5, 5.41) is 2.81. The van der Waals surface area contributed by atoms with Crippen LogP contribution in [0.4, 0.5) is 5.69 Å². The third-order valence-electron chi connectivity index (χ3n) is 4.02. The molecule has 1 heterocycles. The average Bonchev–Trinajstić information content (AvgIpc) is 2.91. The third kappa shape index (κ3) is 4.85. The molecule has 0 saturated heterocycles. The second kappa shape index (κ2) is 8.85. The first-order chi connectivity index (χ1) is 13.2. The fourth-order valence-corrected chi connectivity index (χ4v) is 2.56. The molecule has 0 aromatic heterocycles. The number of hydrogen-bond acceptors (Lipinski definition) is 4. The van der Waals surface area contributed by atoms with Crippen molar-refractivity contribution in [1.29, 1.82) is 0 Å². The minimum absolute atomic E-state index is 0.289. The number of nitrogens with one attached hydrogen (secondary N) is 1. The summed E-state index contributed by atoms with van der Waals surface area (Å²) in [6.07, 6.45) is 6.64. The highest BCUT2D eigenvalue weighted by atomic mass is 16.5. The number of anilines is 1. The van der Waals surface area contributed by atoms with Gasteiger partial charge in [-0.3, -0.25) is 4.79 Å². The van der Waals surface area contributed by atoms with E-state index in [1.807, 2.05) is 31.2 Å². The summed E-state index contributed by atoms with van der Waals surface area (Å²) in [6.45, 7) is 2.42. The van der Waals surface area contributed by atoms with Crippen LogP contribution in [-0.2, 0) is 9.53 Å². The van der Waals surface area contributed by atoms with Gasteiger partial charge in [0, 0.05) is 16.8 Å². The van der Waals surface area contributed by atoms with E-state index in [0.717, 1.165) is 18.4 Å². The molecule has 0 unspecified atom stereocenters. The summed E-state index contributed by atoms with van der Waals surface area (Å²) < 4.78 is 10.7. The molecule has 0 atom stereocenters. The van der Waals surface area contributed by atoms with Gasteiger partial charge in [-0.25, -0.2) is 4.79 Å². The molecule has 1 aliphatic heterocycles. The maximum Gasteiger partial charge on any atom is 0.338 e. The van der Waals surface area contributed by atoms with Crippen LogP contribution in [0.25, 0.3) is 6.08 Å². The van der Waals surface area contributed by atoms with Crippen LogP contribution in [0.5, 0.6) is 5.75 Å². The lowest BCUT2D eigenvalue weighted by atomic mass is 10.1. The van der Waals surface area contributed by atoms with Crippen molar-refractivity contribution >= 4 is 23.6 Å². The van der Waals surface area contributed by atoms with Gasteiger partial charge in [0.15, 0.2) is 0 Å². The van der Waals surface area contributed by atoms with Gasteiger partial charge >= 0.3 is 5.97 Å². The fraction of sp³-hybridized carbons (Fsp3) is 0.182. The van der Waals surface area contributed by atoms with Gasteiger partial charge < -0.3 is 14.8 Å². The Morgan fingerprint density at radius 1 is 1.11 bits per heavy atom. The summed E-state index contributed by atoms with van der Waals surface area (Å²) in [4.78, 5) is 24.7. The van der Waals surface area contributed by atoms with E-state index in [0.29, 0.717) is 29.2 Å². The maximum absolute atomic E-state index is 12.6. The summed E-state index contributed by atoms with van der Waals surface area (Å²) >= 11 is 0. The minimum atomic E-state index is -0.393. The minimum Gasteiger partial charge on any atom is -0.464 e. The predicted molar refractivity (Wildman–Crippen MR) is 104 cm³/mol. The molecular weight excluding hydrogens is 342 g/mol. The van der Waals surface area contributed by atoms with Gasteiger partial charge in [0.25, 0.3) is 5.91 Å². The van der Waals surface area contributed by atoms with Crippen molar-refractivity contribution in [3.63, 3.8) is 0 Å². The van der Waals surface area contributed by atoms with Gasteiger partial charge in [-0.05, 0) is 42.8 Å². The third-order valence-corrected chi connectivity index (χ3v) is 4.02. The van der Waals surface area contributed by atoms with E-state index < -0.39 is 5.97 Å². The van der Waals surface area contributed by atoms with E-state index in [1.165, 1.54) is 6.26 Å². The number of para-hydroxylation sites is 1. The molecule has 1 amide bonds. The van der Waals surface area contributed by atoms with Crippen LogP contribution in [-0.4, -0.2) is 18.5 Å². The Morgan fingerprint density at radius 3 is 2.81 bits per heavy atom. The van der Waals surface area contributed by atoms with Crippen LogP contribution in [0, 0.1) is 0 Å². The predicted octanol–water partition coefficient (Wildman–Crippen LogP) is 4.57. The lowest BCUT2D eigenvalue weighted by Gasteiger charge is -2.08. The Kier molecular flexibility index (Phi) is 6.05. The molecule has 0 spiro atoms. The molecule has 27 heavy (non-hydrogen) atoms. The van der Waals surface area contributed by atoms with E-state index in [2.05, 4.69) is 5.32 Å². The first-order valence-corrected chi connectivity index (χ1v) is 8.90. The van der Waals surface area contributed by atoms with E-state index in [4.69, 9.17) is 9.47 Å². The summed E-state index contributed by atoms with van der Waals surface area (Å²) in [5.74, 6) is 0.00637. The smallest absolute Gasteiger partial charge is 0.338 e. The molecule has 0 bridgehead atoms. The monoisotopic (exact) mass is 363 g/mol. The number of benzene rings is 2. The molecule has 1 N–H and O–H groups in total. The Bertz CT molecular complexity index is 899. The van der Waals surface area contributed by atoms with Crippen molar-refractivity contribution in [1.82, 2.24) is 0 Å². The van der Waals surface area contributed by atoms with Crippen LogP contribution >= 0.6 is 0 Å². The van der Waals surface area contributed by atoms with Gasteiger partial charge in [-0.1, -0.05) is 37.6 Å². The highest BCUT2D eigenvalue weighted by Crippen LogP contribution is 2.25. The Balaban J connectivity index is 1.72. The quantitative estimate of drug-likeness (QED) is 0.603. The molecule has 138 valence electrons. The highest BCUT2D eigenvalue weighted by Gasteiger charge is 2.13. The van der Waals surface area contributed by atoms with Crippen molar-refractivity contribution in [2.75, 3.05) is 11.9 Å². The molecule has 0 fully saturated rings. The van der Waals surface area contributed by atoms with Crippen LogP contribution < -0.4 is 10.1 Å². The summed E-state index contributed by atoms with van der Waals surface area (Å²) in [7, 11) is 0. The highest BCUT2D eigenvalue weighted by molar-refractivity contribution is 6.09. The number of hydrogen-bond donors (Lipinski definition) is 1. The summed E-state index contributed by atoms with van der Waals surface area (Å²) in [5.41, 5.74) is 2.21. The number of rotatable bonds is 6. The molecule has 0 radical (unpaired) electrons. The Hall–Kier alpha value is -3.34. The topological polar surface area (TPSA) is 64.6 Å². The average molecular weight is 363 g/mol. The molecule has 0 aliphatic carbocycles. The van der Waals surface area contributed by atoms with Crippen molar-refractivity contribution < 1.29 is 19.1 Å². The molecule has 2 aromatic carbocycles. The normalized spacial score (nSPS) is 12.3. The fourth-order valence-electron chi connectivity index (χ4n) is 2.56. The maximum atomic E-state index is 12.6. The number of unbranched alkanes of at least 4 members (excludes halogenated alkanes) is 1. The van der Waals surface area contributed by atoms with E-state index in [-0.39, 0.29) is 5.91 Å². The molecule has 0 saturated carbocycles. The molecule has 2 aromatic rings. The Labute approximate surface area is 158 Å². The number of amides is 1. The van der Waals surface area contributed by atoms with Crippen molar-refractivity contribution in [2.24, 2.45) is 0 Å². The zero-order chi connectivity index (χ0) is 19.1. The first-order valence-electron chi connectivity index (χ1n) is 8.90. The first kappa shape index (κ1) is 18.5. The van der Waals surface area contributed by atoms with Crippen LogP contribution in [0.1, 0.15) is 35.7 Å². The lowest BCUT2D eigenvalue weighted by Crippen LogP contribution is -2.14. The van der Waals surface area contributed by atoms with Crippen molar-refractivity contribution in [2.45, 2.75) is 19.8 Å². The summed E-state index contributed by atoms with van der Waals surface area (Å²) in [6, 6.07) is 14.2. The van der Waals surface area contributed by atoms with Gasteiger partial charge in [0.1, 0.15) is 5.75 Å². The largest absolute Gasteiger partial charge is 0.464 e. The standard InChI is InChI=1S/C22H21NO4/c1-2-3-12-27-22(25)18-8-6-9-19(15-18)23-21(24)17-11-13-26-20-10-5-4-7-16(20)14-17/h4-11,13-15H,2-3,12H2,1H3,(H,23,24). The van der Waals surface area contributed by atoms with Gasteiger partial charge in [0.05, 0.1) is 18.4 Å². The zero-order valence-corrected chi connectivity index (χ0v) is 15.1. The van der Waals surface area contributed by atoms with Crippen LogP contribution in [0.3, 0.4) is 0 Å². The molecule has 5 heteroatoms. The lowest BCUT2D eigenvalue weighted by molar-refractivity contribution is -0.112. The van der Waals surface area contributed by atoms with Gasteiger partial charge in [-0.15, -0.1) is 0 Å². The molecule has 5 nitrogen and oxygen atoms in total. The molecule has 3 rings (SSSR count). The second-order valence-electron chi connectivity index (χ2n) is 6.08. The second-order valence-corrected chi connectivity index (χ2v) is 6.08. The Morgan fingerprint density at radius 2 is 1.96 bits per heavy atom.